The lowest BCUT2D eigenvalue weighted by molar-refractivity contribution is 1.08. The maximum Gasteiger partial charge on any atom is 0.229 e. The van der Waals surface area contributed by atoms with Crippen molar-refractivity contribution in [3.05, 3.63) is 77.0 Å². The van der Waals surface area contributed by atoms with Crippen molar-refractivity contribution in [2.75, 3.05) is 10.6 Å². The first kappa shape index (κ1) is 16.0. The van der Waals surface area contributed by atoms with Gasteiger partial charge in [-0.05, 0) is 44.0 Å². The maximum absolute atomic E-state index is 4.54. The highest BCUT2D eigenvalue weighted by atomic mass is 15.1. The predicted octanol–water partition coefficient (Wildman–Crippen LogP) is 4.76. The first-order valence-corrected chi connectivity index (χ1v) is 8.07. The number of rotatable bonds is 5. The molecule has 0 atom stereocenters. The Morgan fingerprint density at radius 2 is 1.75 bits per heavy atom. The summed E-state index contributed by atoms with van der Waals surface area (Å²) in [5.41, 5.74) is 5.94. The third kappa shape index (κ3) is 4.10. The molecule has 3 aromatic rings. The molecule has 0 bridgehead atoms. The second-order valence-corrected chi connectivity index (χ2v) is 6.05. The summed E-state index contributed by atoms with van der Waals surface area (Å²) < 4.78 is 0. The number of hydrogen-bond acceptors (Lipinski definition) is 4. The summed E-state index contributed by atoms with van der Waals surface area (Å²) in [5.74, 6) is 1.40. The van der Waals surface area contributed by atoms with Crippen LogP contribution in [0.1, 0.15) is 22.3 Å². The van der Waals surface area contributed by atoms with Crippen LogP contribution in [0.4, 0.5) is 17.5 Å². The number of nitrogens with zero attached hydrogens (tertiary/aromatic N) is 2. The normalized spacial score (nSPS) is 10.5. The quantitative estimate of drug-likeness (QED) is 0.712. The molecule has 0 amide bonds. The molecule has 1 heterocycles. The fourth-order valence-corrected chi connectivity index (χ4v) is 2.61. The molecule has 0 saturated carbocycles. The fraction of sp³-hybridized carbons (Fsp3) is 0.200. The average molecular weight is 318 g/mol. The van der Waals surface area contributed by atoms with Crippen molar-refractivity contribution in [1.29, 1.82) is 0 Å². The van der Waals surface area contributed by atoms with Crippen molar-refractivity contribution in [2.24, 2.45) is 0 Å². The predicted molar refractivity (Wildman–Crippen MR) is 99.7 cm³/mol. The second kappa shape index (κ2) is 7.13. The molecule has 0 aliphatic rings. The zero-order valence-electron chi connectivity index (χ0n) is 14.3. The molecular weight excluding hydrogens is 296 g/mol. The van der Waals surface area contributed by atoms with Crippen molar-refractivity contribution >= 4 is 17.5 Å². The molecule has 2 aromatic carbocycles. The van der Waals surface area contributed by atoms with E-state index in [9.17, 15) is 0 Å². The zero-order chi connectivity index (χ0) is 16.9. The zero-order valence-corrected chi connectivity index (χ0v) is 14.3. The summed E-state index contributed by atoms with van der Waals surface area (Å²) in [4.78, 5) is 8.84. The molecule has 0 radical (unpaired) electrons. The monoisotopic (exact) mass is 318 g/mol. The van der Waals surface area contributed by atoms with E-state index in [0.717, 1.165) is 18.1 Å². The van der Waals surface area contributed by atoms with Crippen LogP contribution < -0.4 is 10.6 Å². The van der Waals surface area contributed by atoms with Gasteiger partial charge in [0.2, 0.25) is 5.95 Å². The minimum absolute atomic E-state index is 0.594. The highest BCUT2D eigenvalue weighted by Gasteiger charge is 2.03. The van der Waals surface area contributed by atoms with Crippen LogP contribution in [0.2, 0.25) is 0 Å². The van der Waals surface area contributed by atoms with Crippen molar-refractivity contribution in [3.63, 3.8) is 0 Å². The minimum atomic E-state index is 0.594. The van der Waals surface area contributed by atoms with Gasteiger partial charge in [0, 0.05) is 18.4 Å². The van der Waals surface area contributed by atoms with Crippen molar-refractivity contribution in [3.8, 4) is 0 Å². The topological polar surface area (TPSA) is 49.8 Å². The highest BCUT2D eigenvalue weighted by molar-refractivity contribution is 5.59. The number of aromatic nitrogens is 2. The van der Waals surface area contributed by atoms with E-state index < -0.39 is 0 Å². The van der Waals surface area contributed by atoms with E-state index in [4.69, 9.17) is 0 Å². The molecule has 4 heteroatoms. The van der Waals surface area contributed by atoms with Gasteiger partial charge in [-0.2, -0.15) is 4.98 Å². The van der Waals surface area contributed by atoms with Crippen molar-refractivity contribution in [2.45, 2.75) is 27.3 Å². The van der Waals surface area contributed by atoms with Crippen LogP contribution in [0.25, 0.3) is 0 Å². The van der Waals surface area contributed by atoms with Crippen LogP contribution in [0.15, 0.2) is 54.7 Å². The molecule has 2 N–H and O–H groups in total. The van der Waals surface area contributed by atoms with Crippen molar-refractivity contribution < 1.29 is 0 Å². The molecule has 24 heavy (non-hydrogen) atoms. The summed E-state index contributed by atoms with van der Waals surface area (Å²) in [6.45, 7) is 7.00. The van der Waals surface area contributed by atoms with Gasteiger partial charge in [0.25, 0.3) is 0 Å². The molecule has 0 fully saturated rings. The van der Waals surface area contributed by atoms with Gasteiger partial charge in [0.15, 0.2) is 0 Å². The average Bonchev–Trinajstić information content (AvgIpc) is 2.56. The molecule has 1 aromatic heterocycles. The Bertz CT molecular complexity index is 843. The summed E-state index contributed by atoms with van der Waals surface area (Å²) in [6.07, 6.45) is 1.76. The van der Waals surface area contributed by atoms with Gasteiger partial charge < -0.3 is 10.6 Å². The third-order valence-electron chi connectivity index (χ3n) is 3.84. The molecule has 3 rings (SSSR count). The molecule has 0 unspecified atom stereocenters. The minimum Gasteiger partial charge on any atom is -0.366 e. The summed E-state index contributed by atoms with van der Waals surface area (Å²) >= 11 is 0. The number of aryl methyl sites for hydroxylation is 3. The van der Waals surface area contributed by atoms with Gasteiger partial charge in [0.1, 0.15) is 5.82 Å². The Hall–Kier alpha value is -2.88. The van der Waals surface area contributed by atoms with Gasteiger partial charge in [-0.15, -0.1) is 0 Å². The molecule has 0 saturated heterocycles. The Morgan fingerprint density at radius 1 is 0.917 bits per heavy atom. The van der Waals surface area contributed by atoms with Crippen molar-refractivity contribution in [1.82, 2.24) is 9.97 Å². The number of hydrogen-bond donors (Lipinski definition) is 2. The lowest BCUT2D eigenvalue weighted by atomic mass is 10.1. The molecule has 4 nitrogen and oxygen atoms in total. The Labute approximate surface area is 143 Å². The fourth-order valence-electron chi connectivity index (χ4n) is 2.61. The number of nitrogens with one attached hydrogen (secondary N) is 2. The van der Waals surface area contributed by atoms with Crippen LogP contribution >= 0.6 is 0 Å². The van der Waals surface area contributed by atoms with Crippen LogP contribution in [0, 0.1) is 20.8 Å². The van der Waals surface area contributed by atoms with E-state index in [2.05, 4.69) is 83.8 Å². The van der Waals surface area contributed by atoms with E-state index in [-0.39, 0.29) is 0 Å². The van der Waals surface area contributed by atoms with Crippen LogP contribution in [-0.4, -0.2) is 9.97 Å². The van der Waals surface area contributed by atoms with Crippen LogP contribution in [-0.2, 0) is 6.54 Å². The smallest absolute Gasteiger partial charge is 0.229 e. The Kier molecular flexibility index (Phi) is 4.75. The van der Waals surface area contributed by atoms with E-state index in [1.54, 1.807) is 6.20 Å². The van der Waals surface area contributed by atoms with Crippen LogP contribution in [0.3, 0.4) is 0 Å². The number of benzene rings is 2. The number of anilines is 3. The van der Waals surface area contributed by atoms with Gasteiger partial charge in [-0.25, -0.2) is 4.98 Å². The SMILES string of the molecule is Cc1cccc(CNc2ccnc(Nc3ccc(C)cc3C)n2)c1. The molecule has 122 valence electrons. The second-order valence-electron chi connectivity index (χ2n) is 6.05. The highest BCUT2D eigenvalue weighted by Crippen LogP contribution is 2.20. The van der Waals surface area contributed by atoms with Gasteiger partial charge in [-0.3, -0.25) is 0 Å². The Balaban J connectivity index is 1.69. The Morgan fingerprint density at radius 3 is 2.54 bits per heavy atom. The largest absolute Gasteiger partial charge is 0.366 e. The van der Waals surface area contributed by atoms with E-state index in [1.165, 1.54) is 22.3 Å². The third-order valence-corrected chi connectivity index (χ3v) is 3.84. The molecule has 0 spiro atoms. The first-order chi connectivity index (χ1) is 11.6. The standard InChI is InChI=1S/C20H22N4/c1-14-5-4-6-17(12-14)13-22-19-9-10-21-20(24-19)23-18-8-7-15(2)11-16(18)3/h4-12H,13H2,1-3H3,(H2,21,22,23,24). The molecular formula is C20H22N4. The molecule has 0 aliphatic carbocycles. The van der Waals surface area contributed by atoms with Gasteiger partial charge in [-0.1, -0.05) is 47.5 Å². The maximum atomic E-state index is 4.54. The molecule has 0 aliphatic heterocycles. The van der Waals surface area contributed by atoms with E-state index in [1.807, 2.05) is 6.07 Å². The lowest BCUT2D eigenvalue weighted by Crippen LogP contribution is -2.04. The van der Waals surface area contributed by atoms with Gasteiger partial charge in [0.05, 0.1) is 0 Å². The van der Waals surface area contributed by atoms with Gasteiger partial charge >= 0.3 is 0 Å². The summed E-state index contributed by atoms with van der Waals surface area (Å²) in [5, 5.41) is 6.63. The first-order valence-electron chi connectivity index (χ1n) is 8.07. The van der Waals surface area contributed by atoms with E-state index in [0.29, 0.717) is 5.95 Å². The van der Waals surface area contributed by atoms with Crippen LogP contribution in [0.5, 0.6) is 0 Å². The summed E-state index contributed by atoms with van der Waals surface area (Å²) in [6, 6.07) is 16.6. The summed E-state index contributed by atoms with van der Waals surface area (Å²) in [7, 11) is 0. The lowest BCUT2D eigenvalue weighted by Gasteiger charge is -2.11. The van der Waals surface area contributed by atoms with E-state index >= 15 is 0 Å².